The fraction of sp³-hybridized carbons (Fsp3) is 0.917. The molecule has 0 spiro atoms. The maximum atomic E-state index is 11.9. The minimum Gasteiger partial charge on any atom is -0.355 e. The van der Waals surface area contributed by atoms with E-state index < -0.39 is 0 Å². The first-order chi connectivity index (χ1) is 7.61. The first kappa shape index (κ1) is 13.5. The average molecular weight is 227 g/mol. The molecule has 1 rings (SSSR count). The van der Waals surface area contributed by atoms with Gasteiger partial charge in [0.25, 0.3) is 0 Å². The molecule has 3 N–H and O–H groups in total. The number of amides is 1. The number of hydrogen-bond acceptors (Lipinski definition) is 3. The van der Waals surface area contributed by atoms with Gasteiger partial charge in [-0.1, -0.05) is 13.8 Å². The van der Waals surface area contributed by atoms with E-state index >= 15 is 0 Å². The van der Waals surface area contributed by atoms with Crippen molar-refractivity contribution >= 4 is 5.91 Å². The summed E-state index contributed by atoms with van der Waals surface area (Å²) >= 11 is 0. The van der Waals surface area contributed by atoms with Gasteiger partial charge in [-0.3, -0.25) is 9.69 Å². The number of carbonyl (C=O) groups is 1. The molecule has 1 saturated heterocycles. The van der Waals surface area contributed by atoms with E-state index in [9.17, 15) is 4.79 Å². The molecule has 4 nitrogen and oxygen atoms in total. The molecule has 1 aliphatic heterocycles. The van der Waals surface area contributed by atoms with Gasteiger partial charge in [0.1, 0.15) is 0 Å². The van der Waals surface area contributed by atoms with E-state index in [1.165, 1.54) is 0 Å². The van der Waals surface area contributed by atoms with Gasteiger partial charge in [-0.05, 0) is 32.2 Å². The lowest BCUT2D eigenvalue weighted by molar-refractivity contribution is -0.126. The van der Waals surface area contributed by atoms with Crippen LogP contribution in [0.1, 0.15) is 33.6 Å². The summed E-state index contributed by atoms with van der Waals surface area (Å²) in [5.41, 5.74) is 5.78. The van der Waals surface area contributed by atoms with Crippen molar-refractivity contribution in [3.63, 3.8) is 0 Å². The normalized spacial score (nSPS) is 28.0. The highest BCUT2D eigenvalue weighted by Gasteiger charge is 2.35. The summed E-state index contributed by atoms with van der Waals surface area (Å²) in [6, 6.07) is 0.312. The highest BCUT2D eigenvalue weighted by molar-refractivity contribution is 5.81. The predicted molar refractivity (Wildman–Crippen MR) is 66.1 cm³/mol. The molecule has 0 aromatic heterocycles. The van der Waals surface area contributed by atoms with Crippen molar-refractivity contribution in [3.05, 3.63) is 0 Å². The Morgan fingerprint density at radius 1 is 1.62 bits per heavy atom. The van der Waals surface area contributed by atoms with Crippen molar-refractivity contribution in [1.82, 2.24) is 10.2 Å². The first-order valence-corrected chi connectivity index (χ1v) is 6.35. The number of nitrogens with zero attached hydrogens (tertiary/aromatic N) is 1. The Bertz CT molecular complexity index is 232. The molecule has 3 atom stereocenters. The van der Waals surface area contributed by atoms with Crippen LogP contribution in [0.4, 0.5) is 0 Å². The number of carbonyl (C=O) groups excluding carboxylic acids is 1. The molecule has 94 valence electrons. The van der Waals surface area contributed by atoms with Crippen molar-refractivity contribution in [3.8, 4) is 0 Å². The highest BCUT2D eigenvalue weighted by Crippen LogP contribution is 2.25. The summed E-state index contributed by atoms with van der Waals surface area (Å²) in [4.78, 5) is 14.1. The van der Waals surface area contributed by atoms with Crippen LogP contribution in [0.2, 0.25) is 0 Å². The molecular weight excluding hydrogens is 202 g/mol. The van der Waals surface area contributed by atoms with Crippen LogP contribution in [0, 0.1) is 5.92 Å². The molecule has 3 unspecified atom stereocenters. The quantitative estimate of drug-likeness (QED) is 0.722. The lowest BCUT2D eigenvalue weighted by Gasteiger charge is -2.30. The van der Waals surface area contributed by atoms with Crippen LogP contribution in [0.25, 0.3) is 0 Å². The molecule has 0 aliphatic carbocycles. The number of rotatable bonds is 5. The number of hydrogen-bond donors (Lipinski definition) is 2. The van der Waals surface area contributed by atoms with E-state index in [-0.39, 0.29) is 11.9 Å². The summed E-state index contributed by atoms with van der Waals surface area (Å²) < 4.78 is 0. The van der Waals surface area contributed by atoms with Crippen LogP contribution < -0.4 is 11.1 Å². The molecule has 1 heterocycles. The van der Waals surface area contributed by atoms with Crippen molar-refractivity contribution in [1.29, 1.82) is 0 Å². The maximum absolute atomic E-state index is 11.9. The molecule has 1 fully saturated rings. The third-order valence-corrected chi connectivity index (χ3v) is 3.59. The highest BCUT2D eigenvalue weighted by atomic mass is 16.2. The van der Waals surface area contributed by atoms with E-state index in [2.05, 4.69) is 24.1 Å². The largest absolute Gasteiger partial charge is 0.355 e. The summed E-state index contributed by atoms with van der Waals surface area (Å²) in [5, 5.41) is 2.95. The third kappa shape index (κ3) is 2.95. The van der Waals surface area contributed by atoms with Gasteiger partial charge in [-0.2, -0.15) is 0 Å². The van der Waals surface area contributed by atoms with Crippen LogP contribution >= 0.6 is 0 Å². The molecule has 0 aromatic carbocycles. The van der Waals surface area contributed by atoms with Gasteiger partial charge in [0, 0.05) is 19.1 Å². The van der Waals surface area contributed by atoms with E-state index in [0.29, 0.717) is 18.5 Å². The second-order valence-electron chi connectivity index (χ2n) is 4.77. The van der Waals surface area contributed by atoms with E-state index in [1.54, 1.807) is 0 Å². The zero-order valence-electron chi connectivity index (χ0n) is 10.7. The smallest absolute Gasteiger partial charge is 0.237 e. The minimum atomic E-state index is -0.0509. The standard InChI is InChI=1S/C12H25N3O/c1-4-6-14-12(16)10(3)15-7-5-9(2)11(15)8-13/h9-11H,4-8,13H2,1-3H3,(H,14,16). The van der Waals surface area contributed by atoms with Crippen molar-refractivity contribution < 1.29 is 4.79 Å². The monoisotopic (exact) mass is 227 g/mol. The second-order valence-corrected chi connectivity index (χ2v) is 4.77. The van der Waals surface area contributed by atoms with Crippen LogP contribution in [0.15, 0.2) is 0 Å². The summed E-state index contributed by atoms with van der Waals surface area (Å²) in [6.45, 7) is 8.65. The van der Waals surface area contributed by atoms with Crippen molar-refractivity contribution in [2.24, 2.45) is 11.7 Å². The summed E-state index contributed by atoms with van der Waals surface area (Å²) in [6.07, 6.45) is 2.13. The maximum Gasteiger partial charge on any atom is 0.237 e. The Balaban J connectivity index is 2.52. The number of nitrogens with two attached hydrogens (primary N) is 1. The lowest BCUT2D eigenvalue weighted by atomic mass is 10.0. The van der Waals surface area contributed by atoms with Gasteiger partial charge < -0.3 is 11.1 Å². The predicted octanol–water partition coefficient (Wildman–Crippen LogP) is 0.570. The van der Waals surface area contributed by atoms with Crippen LogP contribution in [0.5, 0.6) is 0 Å². The summed E-state index contributed by atoms with van der Waals surface area (Å²) in [5.74, 6) is 0.737. The SMILES string of the molecule is CCCNC(=O)C(C)N1CCC(C)C1CN. The molecule has 0 radical (unpaired) electrons. The first-order valence-electron chi connectivity index (χ1n) is 6.35. The van der Waals surface area contributed by atoms with Gasteiger partial charge in [-0.25, -0.2) is 0 Å². The minimum absolute atomic E-state index is 0.0509. The Kier molecular flexibility index (Phi) is 5.22. The Morgan fingerprint density at radius 3 is 2.88 bits per heavy atom. The molecular formula is C12H25N3O. The third-order valence-electron chi connectivity index (χ3n) is 3.59. The zero-order chi connectivity index (χ0) is 12.1. The molecule has 0 saturated carbocycles. The van der Waals surface area contributed by atoms with Crippen LogP contribution in [0.3, 0.4) is 0 Å². The van der Waals surface area contributed by atoms with Gasteiger partial charge >= 0.3 is 0 Å². The molecule has 16 heavy (non-hydrogen) atoms. The number of likely N-dealkylation sites (tertiary alicyclic amines) is 1. The average Bonchev–Trinajstić information content (AvgIpc) is 2.66. The molecule has 1 aliphatic rings. The van der Waals surface area contributed by atoms with Crippen LogP contribution in [-0.4, -0.2) is 42.5 Å². The van der Waals surface area contributed by atoms with Crippen molar-refractivity contribution in [2.45, 2.75) is 45.7 Å². The second kappa shape index (κ2) is 6.21. The van der Waals surface area contributed by atoms with Gasteiger partial charge in [-0.15, -0.1) is 0 Å². The fourth-order valence-corrected chi connectivity index (χ4v) is 2.43. The Labute approximate surface area is 98.6 Å². The Hall–Kier alpha value is -0.610. The molecule has 0 bridgehead atoms. The van der Waals surface area contributed by atoms with Gasteiger partial charge in [0.2, 0.25) is 5.91 Å². The topological polar surface area (TPSA) is 58.4 Å². The van der Waals surface area contributed by atoms with E-state index in [1.807, 2.05) is 6.92 Å². The zero-order valence-corrected chi connectivity index (χ0v) is 10.7. The summed E-state index contributed by atoms with van der Waals surface area (Å²) in [7, 11) is 0. The fourth-order valence-electron chi connectivity index (χ4n) is 2.43. The molecule has 4 heteroatoms. The Morgan fingerprint density at radius 2 is 2.31 bits per heavy atom. The molecule has 0 aromatic rings. The van der Waals surface area contributed by atoms with E-state index in [0.717, 1.165) is 25.9 Å². The van der Waals surface area contributed by atoms with Gasteiger partial charge in [0.15, 0.2) is 0 Å². The lowest BCUT2D eigenvalue weighted by Crippen LogP contribution is -2.50. The number of nitrogens with one attached hydrogen (secondary N) is 1. The molecule has 1 amide bonds. The van der Waals surface area contributed by atoms with Gasteiger partial charge in [0.05, 0.1) is 6.04 Å². The van der Waals surface area contributed by atoms with Crippen molar-refractivity contribution in [2.75, 3.05) is 19.6 Å². The van der Waals surface area contributed by atoms with E-state index in [4.69, 9.17) is 5.73 Å². The van der Waals surface area contributed by atoms with Crippen LogP contribution in [-0.2, 0) is 4.79 Å².